The molecule has 0 amide bonds. The number of nitrogens with zero attached hydrogens (tertiary/aromatic N) is 2. The Morgan fingerprint density at radius 2 is 2.24 bits per heavy atom. The van der Waals surface area contributed by atoms with Gasteiger partial charge in [0, 0.05) is 12.8 Å². The fraction of sp³-hybridized carbons (Fsp3) is 0.250. The minimum absolute atomic E-state index is 0.131. The fourth-order valence-electron chi connectivity index (χ4n) is 1.60. The lowest BCUT2D eigenvalue weighted by Gasteiger charge is -2.04. The average Bonchev–Trinajstić information content (AvgIpc) is 2.75. The maximum absolute atomic E-state index is 13.6. The Kier molecular flexibility index (Phi) is 3.76. The van der Waals surface area contributed by atoms with Gasteiger partial charge in [0.05, 0.1) is 11.2 Å². The summed E-state index contributed by atoms with van der Waals surface area (Å²) < 4.78 is 15.0. The van der Waals surface area contributed by atoms with E-state index in [4.69, 9.17) is 16.7 Å². The molecule has 0 bridgehead atoms. The number of rotatable bonds is 4. The molecule has 1 aromatic carbocycles. The van der Waals surface area contributed by atoms with E-state index in [2.05, 4.69) is 5.10 Å². The van der Waals surface area contributed by atoms with Crippen molar-refractivity contribution in [2.45, 2.75) is 12.8 Å². The first kappa shape index (κ1) is 12.1. The summed E-state index contributed by atoms with van der Waals surface area (Å²) >= 11 is 5.94. The van der Waals surface area contributed by atoms with Crippen LogP contribution >= 0.6 is 11.6 Å². The monoisotopic (exact) mass is 254 g/mol. The smallest absolute Gasteiger partial charge is 0.150 e. The van der Waals surface area contributed by atoms with Gasteiger partial charge in [-0.05, 0) is 30.5 Å². The van der Waals surface area contributed by atoms with E-state index < -0.39 is 5.82 Å². The molecule has 3 nitrogen and oxygen atoms in total. The minimum atomic E-state index is -0.408. The van der Waals surface area contributed by atoms with Gasteiger partial charge in [-0.1, -0.05) is 17.7 Å². The van der Waals surface area contributed by atoms with E-state index in [1.807, 2.05) is 0 Å². The quantitative estimate of drug-likeness (QED) is 0.911. The third kappa shape index (κ3) is 2.65. The van der Waals surface area contributed by atoms with E-state index in [1.54, 1.807) is 24.5 Å². The van der Waals surface area contributed by atoms with Crippen molar-refractivity contribution in [1.82, 2.24) is 9.78 Å². The summed E-state index contributed by atoms with van der Waals surface area (Å²) in [4.78, 5) is 0. The molecule has 17 heavy (non-hydrogen) atoms. The van der Waals surface area contributed by atoms with Crippen LogP contribution in [0.1, 0.15) is 12.0 Å². The van der Waals surface area contributed by atoms with Crippen LogP contribution in [0.4, 0.5) is 4.39 Å². The molecule has 1 aromatic heterocycles. The number of aliphatic hydroxyl groups excluding tert-OH is 1. The molecule has 0 atom stereocenters. The van der Waals surface area contributed by atoms with Crippen LogP contribution < -0.4 is 0 Å². The van der Waals surface area contributed by atoms with Crippen LogP contribution in [-0.2, 0) is 6.42 Å². The van der Waals surface area contributed by atoms with E-state index in [-0.39, 0.29) is 12.3 Å². The molecular weight excluding hydrogens is 243 g/mol. The molecule has 0 aliphatic carbocycles. The van der Waals surface area contributed by atoms with Crippen molar-refractivity contribution < 1.29 is 9.50 Å². The van der Waals surface area contributed by atoms with Crippen molar-refractivity contribution >= 4 is 11.6 Å². The van der Waals surface area contributed by atoms with Gasteiger partial charge >= 0.3 is 0 Å². The van der Waals surface area contributed by atoms with Crippen molar-refractivity contribution in [3.05, 3.63) is 47.0 Å². The van der Waals surface area contributed by atoms with Crippen LogP contribution in [0.5, 0.6) is 0 Å². The van der Waals surface area contributed by atoms with E-state index in [1.165, 1.54) is 10.7 Å². The zero-order chi connectivity index (χ0) is 12.3. The highest BCUT2D eigenvalue weighted by Crippen LogP contribution is 2.23. The lowest BCUT2D eigenvalue weighted by atomic mass is 10.2. The molecule has 5 heteroatoms. The van der Waals surface area contributed by atoms with Crippen LogP contribution in [0.2, 0.25) is 5.02 Å². The van der Waals surface area contributed by atoms with Gasteiger partial charge in [-0.2, -0.15) is 5.10 Å². The Labute approximate surface area is 103 Å². The summed E-state index contributed by atoms with van der Waals surface area (Å²) in [5, 5.41) is 13.1. The molecule has 2 rings (SSSR count). The lowest BCUT2D eigenvalue weighted by Crippen LogP contribution is -1.99. The number of aromatic nitrogens is 2. The SMILES string of the molecule is OCCCc1cnn(-c2c(F)cccc2Cl)c1. The van der Waals surface area contributed by atoms with Crippen LogP contribution in [0.15, 0.2) is 30.6 Å². The normalized spacial score (nSPS) is 10.8. The summed E-state index contributed by atoms with van der Waals surface area (Å²) in [7, 11) is 0. The van der Waals surface area contributed by atoms with Crippen LogP contribution in [0.3, 0.4) is 0 Å². The number of hydrogen-bond acceptors (Lipinski definition) is 2. The molecule has 0 fully saturated rings. The van der Waals surface area contributed by atoms with Crippen molar-refractivity contribution in [1.29, 1.82) is 0 Å². The molecule has 1 N–H and O–H groups in total. The highest BCUT2D eigenvalue weighted by Gasteiger charge is 2.10. The predicted octanol–water partition coefficient (Wildman–Crippen LogP) is 2.59. The maximum atomic E-state index is 13.6. The second-order valence-corrected chi connectivity index (χ2v) is 4.10. The first-order chi connectivity index (χ1) is 8.22. The Morgan fingerprint density at radius 3 is 2.94 bits per heavy atom. The average molecular weight is 255 g/mol. The molecule has 0 saturated carbocycles. The third-order valence-corrected chi connectivity index (χ3v) is 2.73. The summed E-state index contributed by atoms with van der Waals surface area (Å²) in [6, 6.07) is 4.52. The fourth-order valence-corrected chi connectivity index (χ4v) is 1.85. The first-order valence-electron chi connectivity index (χ1n) is 5.31. The van der Waals surface area contributed by atoms with Gasteiger partial charge in [0.2, 0.25) is 0 Å². The van der Waals surface area contributed by atoms with Crippen molar-refractivity contribution in [2.75, 3.05) is 6.61 Å². The molecule has 90 valence electrons. The third-order valence-electron chi connectivity index (χ3n) is 2.43. The summed E-state index contributed by atoms with van der Waals surface area (Å²) in [5.74, 6) is -0.408. The number of hydrogen-bond donors (Lipinski definition) is 1. The van der Waals surface area contributed by atoms with E-state index in [0.717, 1.165) is 5.56 Å². The number of benzene rings is 1. The Morgan fingerprint density at radius 1 is 1.41 bits per heavy atom. The van der Waals surface area contributed by atoms with Gasteiger partial charge in [0.15, 0.2) is 0 Å². The molecule has 1 heterocycles. The number of halogens is 2. The predicted molar refractivity (Wildman–Crippen MR) is 63.9 cm³/mol. The van der Waals surface area contributed by atoms with E-state index >= 15 is 0 Å². The van der Waals surface area contributed by atoms with Gasteiger partial charge < -0.3 is 5.11 Å². The van der Waals surface area contributed by atoms with E-state index in [0.29, 0.717) is 17.9 Å². The number of aryl methyl sites for hydroxylation is 1. The van der Waals surface area contributed by atoms with Gasteiger partial charge in [-0.3, -0.25) is 0 Å². The Balaban J connectivity index is 2.30. The standard InChI is InChI=1S/C12H12ClFN2O/c13-10-4-1-5-11(14)12(10)16-8-9(7-15-16)3-2-6-17/h1,4-5,7-8,17H,2-3,6H2. The second-order valence-electron chi connectivity index (χ2n) is 3.69. The van der Waals surface area contributed by atoms with Gasteiger partial charge in [-0.15, -0.1) is 0 Å². The highest BCUT2D eigenvalue weighted by molar-refractivity contribution is 6.32. The lowest BCUT2D eigenvalue weighted by molar-refractivity contribution is 0.288. The largest absolute Gasteiger partial charge is 0.396 e. The van der Waals surface area contributed by atoms with Crippen molar-refractivity contribution in [2.24, 2.45) is 0 Å². The summed E-state index contributed by atoms with van der Waals surface area (Å²) in [5.41, 5.74) is 1.20. The highest BCUT2D eigenvalue weighted by atomic mass is 35.5. The van der Waals surface area contributed by atoms with Crippen molar-refractivity contribution in [3.8, 4) is 5.69 Å². The molecule has 0 radical (unpaired) electrons. The summed E-state index contributed by atoms with van der Waals surface area (Å²) in [6.45, 7) is 0.131. The molecule has 2 aromatic rings. The Bertz CT molecular complexity index is 493. The van der Waals surface area contributed by atoms with Gasteiger partial charge in [-0.25, -0.2) is 9.07 Å². The molecule has 0 spiro atoms. The molecule has 0 saturated heterocycles. The van der Waals surface area contributed by atoms with E-state index in [9.17, 15) is 4.39 Å². The summed E-state index contributed by atoms with van der Waals surface area (Å²) in [6.07, 6.45) is 4.75. The van der Waals surface area contributed by atoms with Gasteiger partial charge in [0.1, 0.15) is 11.5 Å². The number of aliphatic hydroxyl groups is 1. The van der Waals surface area contributed by atoms with Crippen LogP contribution in [0, 0.1) is 5.82 Å². The van der Waals surface area contributed by atoms with Gasteiger partial charge in [0.25, 0.3) is 0 Å². The van der Waals surface area contributed by atoms with Crippen molar-refractivity contribution in [3.63, 3.8) is 0 Å². The van der Waals surface area contributed by atoms with Crippen LogP contribution in [-0.4, -0.2) is 21.5 Å². The molecule has 0 aliphatic rings. The maximum Gasteiger partial charge on any atom is 0.150 e. The topological polar surface area (TPSA) is 38.1 Å². The van der Waals surface area contributed by atoms with Crippen LogP contribution in [0.25, 0.3) is 5.69 Å². The number of para-hydroxylation sites is 1. The molecule has 0 aliphatic heterocycles. The minimum Gasteiger partial charge on any atom is -0.396 e. The second kappa shape index (κ2) is 5.29. The first-order valence-corrected chi connectivity index (χ1v) is 5.69. The zero-order valence-corrected chi connectivity index (χ0v) is 9.86. The Hall–Kier alpha value is -1.39. The zero-order valence-electron chi connectivity index (χ0n) is 9.11. The molecule has 0 unspecified atom stereocenters. The molecular formula is C12H12ClFN2O.